The summed E-state index contributed by atoms with van der Waals surface area (Å²) in [6.07, 6.45) is 2.94. The van der Waals surface area contributed by atoms with Crippen LogP contribution in [0.3, 0.4) is 0 Å². The molecule has 5 aromatic rings. The van der Waals surface area contributed by atoms with Crippen molar-refractivity contribution in [3.05, 3.63) is 81.0 Å². The van der Waals surface area contributed by atoms with E-state index < -0.39 is 11.2 Å². The molecule has 0 radical (unpaired) electrons. The minimum atomic E-state index is -0.663. The third kappa shape index (κ3) is 2.87. The second kappa shape index (κ2) is 6.44. The summed E-state index contributed by atoms with van der Waals surface area (Å²) in [6.45, 7) is 0.171. The van der Waals surface area contributed by atoms with Crippen LogP contribution in [0.1, 0.15) is 5.56 Å². The number of aromatic amines is 2. The van der Waals surface area contributed by atoms with Gasteiger partial charge in [-0.25, -0.2) is 28.8 Å². The molecule has 0 fully saturated rings. The number of halogens is 1. The maximum absolute atomic E-state index is 14.1. The Bertz CT molecular complexity index is 1500. The second-order valence-electron chi connectivity index (χ2n) is 6.34. The molecular weight excluding hydrogens is 377 g/mol. The lowest BCUT2D eigenvalue weighted by atomic mass is 10.2. The summed E-state index contributed by atoms with van der Waals surface area (Å²) in [5.41, 5.74) is 0.269. The van der Waals surface area contributed by atoms with Gasteiger partial charge in [-0.1, -0.05) is 18.2 Å². The fourth-order valence-corrected chi connectivity index (χ4v) is 3.14. The van der Waals surface area contributed by atoms with Crippen molar-refractivity contribution in [2.75, 3.05) is 0 Å². The molecule has 4 heterocycles. The van der Waals surface area contributed by atoms with Crippen LogP contribution in [-0.2, 0) is 6.54 Å². The zero-order chi connectivity index (χ0) is 20.0. The Hall–Kier alpha value is -4.21. The molecule has 0 spiro atoms. The van der Waals surface area contributed by atoms with Crippen molar-refractivity contribution < 1.29 is 4.39 Å². The summed E-state index contributed by atoms with van der Waals surface area (Å²) in [6, 6.07) is 9.98. The zero-order valence-corrected chi connectivity index (χ0v) is 14.8. The minimum Gasteiger partial charge on any atom is -0.291 e. The normalized spacial score (nSPS) is 11.3. The first-order valence-corrected chi connectivity index (χ1v) is 8.65. The van der Waals surface area contributed by atoms with Crippen LogP contribution >= 0.6 is 0 Å². The van der Waals surface area contributed by atoms with E-state index in [4.69, 9.17) is 0 Å². The van der Waals surface area contributed by atoms with Gasteiger partial charge in [-0.2, -0.15) is 5.10 Å². The van der Waals surface area contributed by atoms with Gasteiger partial charge in [-0.3, -0.25) is 14.8 Å². The van der Waals surface area contributed by atoms with E-state index in [0.29, 0.717) is 22.3 Å². The highest BCUT2D eigenvalue weighted by Gasteiger charge is 2.17. The third-order valence-electron chi connectivity index (χ3n) is 4.49. The van der Waals surface area contributed by atoms with Crippen LogP contribution in [0.4, 0.5) is 4.39 Å². The maximum Gasteiger partial charge on any atom is 0.327 e. The van der Waals surface area contributed by atoms with Crippen LogP contribution in [0, 0.1) is 5.82 Å². The Morgan fingerprint density at radius 1 is 1.00 bits per heavy atom. The average Bonchev–Trinajstić information content (AvgIpc) is 3.08. The number of nitrogens with one attached hydrogen (secondary N) is 2. The molecule has 0 atom stereocenters. The SMILES string of the molecule is O=c1[nH]c(=O)c2cnc(-c3nn(Cc4ccccc4F)c4ncccc34)nc2[nH]1. The Kier molecular flexibility index (Phi) is 3.76. The lowest BCUT2D eigenvalue weighted by Crippen LogP contribution is -2.22. The van der Waals surface area contributed by atoms with E-state index in [1.165, 1.54) is 12.3 Å². The van der Waals surface area contributed by atoms with Gasteiger partial charge in [-0.05, 0) is 18.2 Å². The van der Waals surface area contributed by atoms with E-state index >= 15 is 0 Å². The van der Waals surface area contributed by atoms with Gasteiger partial charge < -0.3 is 0 Å². The molecule has 0 amide bonds. The average molecular weight is 389 g/mol. The zero-order valence-electron chi connectivity index (χ0n) is 14.8. The molecular formula is C19H12FN7O2. The molecule has 142 valence electrons. The summed E-state index contributed by atoms with van der Waals surface area (Å²) in [5, 5.41) is 5.35. The summed E-state index contributed by atoms with van der Waals surface area (Å²) >= 11 is 0. The van der Waals surface area contributed by atoms with Gasteiger partial charge in [0.15, 0.2) is 17.1 Å². The van der Waals surface area contributed by atoms with Crippen molar-refractivity contribution in [1.29, 1.82) is 0 Å². The molecule has 29 heavy (non-hydrogen) atoms. The standard InChI is InChI=1S/C19H12FN7O2/c20-13-6-2-1-4-10(13)9-27-17-11(5-3-7-21-17)14(26-27)16-22-8-12-15(23-16)24-19(29)25-18(12)28/h1-8H,9H2,(H2,22,23,24,25,28,29). The minimum absolute atomic E-state index is 0.101. The highest BCUT2D eigenvalue weighted by atomic mass is 19.1. The van der Waals surface area contributed by atoms with Crippen molar-refractivity contribution >= 4 is 22.1 Å². The maximum atomic E-state index is 14.1. The van der Waals surface area contributed by atoms with Gasteiger partial charge in [0.05, 0.1) is 11.9 Å². The number of pyridine rings is 1. The van der Waals surface area contributed by atoms with Gasteiger partial charge in [-0.15, -0.1) is 0 Å². The predicted octanol–water partition coefficient (Wildman–Crippen LogP) is 1.61. The van der Waals surface area contributed by atoms with E-state index in [0.717, 1.165) is 0 Å². The monoisotopic (exact) mass is 389 g/mol. The van der Waals surface area contributed by atoms with Gasteiger partial charge >= 0.3 is 5.69 Å². The molecule has 10 heteroatoms. The second-order valence-corrected chi connectivity index (χ2v) is 6.34. The first-order chi connectivity index (χ1) is 14.1. The number of H-pyrrole nitrogens is 2. The summed E-state index contributed by atoms with van der Waals surface area (Å²) in [7, 11) is 0. The molecule has 4 aromatic heterocycles. The Balaban J connectivity index is 1.70. The van der Waals surface area contributed by atoms with Gasteiger partial charge in [0.25, 0.3) is 5.56 Å². The number of aromatic nitrogens is 7. The topological polar surface area (TPSA) is 122 Å². The number of hydrogen-bond acceptors (Lipinski definition) is 6. The lowest BCUT2D eigenvalue weighted by molar-refractivity contribution is 0.589. The molecule has 0 unspecified atom stereocenters. The first-order valence-electron chi connectivity index (χ1n) is 8.65. The molecule has 5 rings (SSSR count). The van der Waals surface area contributed by atoms with Crippen molar-refractivity contribution in [1.82, 2.24) is 34.7 Å². The Morgan fingerprint density at radius 3 is 2.72 bits per heavy atom. The number of rotatable bonds is 3. The van der Waals surface area contributed by atoms with E-state index in [1.807, 2.05) is 0 Å². The fourth-order valence-electron chi connectivity index (χ4n) is 3.14. The van der Waals surface area contributed by atoms with Crippen LogP contribution in [0.2, 0.25) is 0 Å². The van der Waals surface area contributed by atoms with Crippen molar-refractivity contribution in [2.24, 2.45) is 0 Å². The molecule has 0 aliphatic rings. The molecule has 0 saturated carbocycles. The summed E-state index contributed by atoms with van der Waals surface area (Å²) in [5.74, 6) is -0.128. The molecule has 0 aliphatic carbocycles. The number of nitrogens with zero attached hydrogens (tertiary/aromatic N) is 5. The van der Waals surface area contributed by atoms with Crippen LogP contribution in [-0.4, -0.2) is 34.7 Å². The first kappa shape index (κ1) is 16.9. The van der Waals surface area contributed by atoms with Crippen LogP contribution in [0.15, 0.2) is 58.4 Å². The molecule has 1 aromatic carbocycles. The van der Waals surface area contributed by atoms with E-state index in [2.05, 4.69) is 30.0 Å². The lowest BCUT2D eigenvalue weighted by Gasteiger charge is -2.04. The Morgan fingerprint density at radius 2 is 1.86 bits per heavy atom. The van der Waals surface area contributed by atoms with Crippen LogP contribution in [0.25, 0.3) is 33.6 Å². The van der Waals surface area contributed by atoms with Crippen LogP contribution < -0.4 is 11.2 Å². The molecule has 2 N–H and O–H groups in total. The number of hydrogen-bond donors (Lipinski definition) is 2. The van der Waals surface area contributed by atoms with E-state index in [9.17, 15) is 14.0 Å². The van der Waals surface area contributed by atoms with E-state index in [1.54, 1.807) is 41.2 Å². The molecule has 0 bridgehead atoms. The molecule has 0 saturated heterocycles. The van der Waals surface area contributed by atoms with Gasteiger partial charge in [0, 0.05) is 18.0 Å². The molecule has 0 aliphatic heterocycles. The fraction of sp³-hybridized carbons (Fsp3) is 0.0526. The van der Waals surface area contributed by atoms with Crippen molar-refractivity contribution in [3.63, 3.8) is 0 Å². The van der Waals surface area contributed by atoms with Gasteiger partial charge in [0.1, 0.15) is 16.9 Å². The highest BCUT2D eigenvalue weighted by Crippen LogP contribution is 2.25. The Labute approximate surface area is 160 Å². The van der Waals surface area contributed by atoms with Crippen LogP contribution in [0.5, 0.6) is 0 Å². The van der Waals surface area contributed by atoms with E-state index in [-0.39, 0.29) is 29.2 Å². The summed E-state index contributed by atoms with van der Waals surface area (Å²) in [4.78, 5) is 40.9. The third-order valence-corrected chi connectivity index (χ3v) is 4.49. The number of fused-ring (bicyclic) bond motifs is 2. The van der Waals surface area contributed by atoms with Crippen molar-refractivity contribution in [3.8, 4) is 11.5 Å². The predicted molar refractivity (Wildman–Crippen MR) is 103 cm³/mol. The quantitative estimate of drug-likeness (QED) is 0.483. The van der Waals surface area contributed by atoms with Crippen molar-refractivity contribution in [2.45, 2.75) is 6.54 Å². The van der Waals surface area contributed by atoms with Gasteiger partial charge in [0.2, 0.25) is 0 Å². The highest BCUT2D eigenvalue weighted by molar-refractivity contribution is 5.90. The number of benzene rings is 1. The largest absolute Gasteiger partial charge is 0.327 e. The molecule has 9 nitrogen and oxygen atoms in total. The summed E-state index contributed by atoms with van der Waals surface area (Å²) < 4.78 is 15.7. The smallest absolute Gasteiger partial charge is 0.291 e.